The summed E-state index contributed by atoms with van der Waals surface area (Å²) in [6.07, 6.45) is 0. The van der Waals surface area contributed by atoms with Crippen molar-refractivity contribution in [2.24, 2.45) is 5.92 Å². The number of fused-ring (bicyclic) bond motifs is 1. The molecule has 0 atom stereocenters. The molecule has 0 unspecified atom stereocenters. The number of anilines is 2. The molecular formula is C25H25Cl2N3O2. The Bertz CT molecular complexity index is 1170. The predicted octanol–water partition coefficient (Wildman–Crippen LogP) is 5.70. The van der Waals surface area contributed by atoms with Crippen molar-refractivity contribution in [1.82, 2.24) is 4.90 Å². The Morgan fingerprint density at radius 1 is 0.875 bits per heavy atom. The largest absolute Gasteiger partial charge is 0.367 e. The number of hydrogen-bond donors (Lipinski definition) is 1. The van der Waals surface area contributed by atoms with E-state index in [-0.39, 0.29) is 17.7 Å². The van der Waals surface area contributed by atoms with Gasteiger partial charge in [0.1, 0.15) is 0 Å². The van der Waals surface area contributed by atoms with E-state index in [9.17, 15) is 9.59 Å². The van der Waals surface area contributed by atoms with Gasteiger partial charge in [0.15, 0.2) is 0 Å². The fraction of sp³-hybridized carbons (Fsp3) is 0.280. The highest BCUT2D eigenvalue weighted by molar-refractivity contribution is 6.36. The molecular weight excluding hydrogens is 445 g/mol. The highest BCUT2D eigenvalue weighted by Crippen LogP contribution is 2.31. The molecule has 1 fully saturated rings. The van der Waals surface area contributed by atoms with Gasteiger partial charge in [0.05, 0.1) is 10.7 Å². The van der Waals surface area contributed by atoms with Gasteiger partial charge in [-0.05, 0) is 35.7 Å². The first-order chi connectivity index (χ1) is 15.3. The average molecular weight is 470 g/mol. The third-order valence-corrected chi connectivity index (χ3v) is 6.38. The quantitative estimate of drug-likeness (QED) is 0.532. The van der Waals surface area contributed by atoms with Crippen LogP contribution in [0.1, 0.15) is 24.2 Å². The van der Waals surface area contributed by atoms with E-state index in [1.807, 2.05) is 61.2 Å². The van der Waals surface area contributed by atoms with Gasteiger partial charge in [0.2, 0.25) is 5.91 Å². The molecule has 0 radical (unpaired) electrons. The van der Waals surface area contributed by atoms with E-state index >= 15 is 0 Å². The van der Waals surface area contributed by atoms with Crippen LogP contribution in [0.5, 0.6) is 0 Å². The Kier molecular flexibility index (Phi) is 6.58. The first-order valence-electron chi connectivity index (χ1n) is 10.7. The Hall–Kier alpha value is -2.76. The molecule has 5 nitrogen and oxygen atoms in total. The van der Waals surface area contributed by atoms with E-state index in [4.69, 9.17) is 23.2 Å². The zero-order valence-electron chi connectivity index (χ0n) is 18.1. The highest BCUT2D eigenvalue weighted by Gasteiger charge is 2.24. The summed E-state index contributed by atoms with van der Waals surface area (Å²) in [5.74, 6) is -0.0307. The minimum absolute atomic E-state index is 0.00536. The van der Waals surface area contributed by atoms with Gasteiger partial charge in [-0.15, -0.1) is 0 Å². The van der Waals surface area contributed by atoms with Crippen LogP contribution in [0.3, 0.4) is 0 Å². The number of nitrogens with zero attached hydrogens (tertiary/aromatic N) is 2. The molecule has 0 bridgehead atoms. The SMILES string of the molecule is CC(C)C(=O)N1CCN(c2ccc(NC(=O)c3cccc4c(Cl)cccc34)cc2Cl)CC1. The Morgan fingerprint density at radius 2 is 1.56 bits per heavy atom. The number of hydrogen-bond acceptors (Lipinski definition) is 3. The van der Waals surface area contributed by atoms with Gasteiger partial charge in [0, 0.05) is 53.8 Å². The summed E-state index contributed by atoms with van der Waals surface area (Å²) in [6.45, 7) is 6.64. The summed E-state index contributed by atoms with van der Waals surface area (Å²) < 4.78 is 0. The first kappa shape index (κ1) is 22.4. The fourth-order valence-corrected chi connectivity index (χ4v) is 4.58. The van der Waals surface area contributed by atoms with Gasteiger partial charge in [0.25, 0.3) is 5.91 Å². The molecule has 32 heavy (non-hydrogen) atoms. The molecule has 3 aromatic carbocycles. The number of halogens is 2. The van der Waals surface area contributed by atoms with Crippen molar-refractivity contribution in [3.8, 4) is 0 Å². The molecule has 2 amide bonds. The highest BCUT2D eigenvalue weighted by atomic mass is 35.5. The topological polar surface area (TPSA) is 52.7 Å². The average Bonchev–Trinajstić information content (AvgIpc) is 2.79. The lowest BCUT2D eigenvalue weighted by Crippen LogP contribution is -2.50. The van der Waals surface area contributed by atoms with Crippen LogP contribution in [0.4, 0.5) is 11.4 Å². The number of carbonyl (C=O) groups excluding carboxylic acids is 2. The fourth-order valence-electron chi connectivity index (χ4n) is 4.04. The van der Waals surface area contributed by atoms with Crippen LogP contribution in [-0.4, -0.2) is 42.9 Å². The maximum atomic E-state index is 12.9. The van der Waals surface area contributed by atoms with E-state index in [1.54, 1.807) is 12.1 Å². The maximum Gasteiger partial charge on any atom is 0.256 e. The summed E-state index contributed by atoms with van der Waals surface area (Å²) in [5, 5.41) is 5.75. The molecule has 0 spiro atoms. The van der Waals surface area contributed by atoms with Crippen LogP contribution < -0.4 is 10.2 Å². The molecule has 0 saturated carbocycles. The third-order valence-electron chi connectivity index (χ3n) is 5.74. The van der Waals surface area contributed by atoms with Crippen molar-refractivity contribution in [1.29, 1.82) is 0 Å². The van der Waals surface area contributed by atoms with Crippen LogP contribution >= 0.6 is 23.2 Å². The number of rotatable bonds is 4. The number of piperazine rings is 1. The molecule has 3 aromatic rings. The van der Waals surface area contributed by atoms with Crippen molar-refractivity contribution in [3.63, 3.8) is 0 Å². The summed E-state index contributed by atoms with van der Waals surface area (Å²) in [7, 11) is 0. The number of amides is 2. The van der Waals surface area contributed by atoms with Gasteiger partial charge in [-0.1, -0.05) is 61.3 Å². The molecule has 4 rings (SSSR count). The van der Waals surface area contributed by atoms with E-state index < -0.39 is 0 Å². The van der Waals surface area contributed by atoms with E-state index in [0.29, 0.717) is 34.4 Å². The van der Waals surface area contributed by atoms with Crippen LogP contribution in [0.25, 0.3) is 10.8 Å². The Balaban J connectivity index is 1.47. The zero-order valence-corrected chi connectivity index (χ0v) is 19.6. The van der Waals surface area contributed by atoms with Gasteiger partial charge in [-0.3, -0.25) is 9.59 Å². The van der Waals surface area contributed by atoms with Crippen LogP contribution in [0.15, 0.2) is 54.6 Å². The summed E-state index contributed by atoms with van der Waals surface area (Å²) in [5.41, 5.74) is 2.07. The van der Waals surface area contributed by atoms with E-state index in [0.717, 1.165) is 29.5 Å². The van der Waals surface area contributed by atoms with Crippen molar-refractivity contribution in [3.05, 3.63) is 70.2 Å². The molecule has 166 valence electrons. The van der Waals surface area contributed by atoms with Crippen molar-refractivity contribution in [2.45, 2.75) is 13.8 Å². The maximum absolute atomic E-state index is 12.9. The van der Waals surface area contributed by atoms with Crippen molar-refractivity contribution >= 4 is 57.2 Å². The normalized spacial score (nSPS) is 14.2. The molecule has 0 aromatic heterocycles. The number of carbonyl (C=O) groups is 2. The summed E-state index contributed by atoms with van der Waals surface area (Å²) in [4.78, 5) is 29.2. The van der Waals surface area contributed by atoms with Gasteiger partial charge < -0.3 is 15.1 Å². The van der Waals surface area contributed by atoms with Gasteiger partial charge in [-0.2, -0.15) is 0 Å². The lowest BCUT2D eigenvalue weighted by atomic mass is 10.0. The summed E-state index contributed by atoms with van der Waals surface area (Å²) in [6, 6.07) is 16.6. The Morgan fingerprint density at radius 3 is 2.25 bits per heavy atom. The second-order valence-electron chi connectivity index (χ2n) is 8.23. The first-order valence-corrected chi connectivity index (χ1v) is 11.4. The smallest absolute Gasteiger partial charge is 0.256 e. The monoisotopic (exact) mass is 469 g/mol. The van der Waals surface area contributed by atoms with Crippen molar-refractivity contribution < 1.29 is 9.59 Å². The van der Waals surface area contributed by atoms with E-state index in [1.165, 1.54) is 0 Å². The molecule has 1 N–H and O–H groups in total. The predicted molar refractivity (Wildman–Crippen MR) is 132 cm³/mol. The second-order valence-corrected chi connectivity index (χ2v) is 9.04. The van der Waals surface area contributed by atoms with Gasteiger partial charge in [-0.25, -0.2) is 0 Å². The minimum Gasteiger partial charge on any atom is -0.367 e. The molecule has 0 aliphatic carbocycles. The van der Waals surface area contributed by atoms with Crippen LogP contribution in [0, 0.1) is 5.92 Å². The molecule has 1 aliphatic rings. The standard InChI is InChI=1S/C25H25Cl2N3O2/c1-16(2)25(32)30-13-11-29(12-14-30)23-10-9-17(15-22(23)27)28-24(31)20-7-3-6-19-18(20)5-4-8-21(19)26/h3-10,15-16H,11-14H2,1-2H3,(H,28,31). The summed E-state index contributed by atoms with van der Waals surface area (Å²) >= 11 is 12.8. The van der Waals surface area contributed by atoms with Crippen molar-refractivity contribution in [2.75, 3.05) is 36.4 Å². The number of nitrogens with one attached hydrogen (secondary N) is 1. The van der Waals surface area contributed by atoms with Gasteiger partial charge >= 0.3 is 0 Å². The number of benzene rings is 3. The minimum atomic E-state index is -0.220. The molecule has 1 saturated heterocycles. The lowest BCUT2D eigenvalue weighted by molar-refractivity contribution is -0.134. The third kappa shape index (κ3) is 4.54. The second kappa shape index (κ2) is 9.39. The molecule has 7 heteroatoms. The van der Waals surface area contributed by atoms with E-state index in [2.05, 4.69) is 10.2 Å². The molecule has 1 aliphatic heterocycles. The molecule has 1 heterocycles. The zero-order chi connectivity index (χ0) is 22.8. The lowest BCUT2D eigenvalue weighted by Gasteiger charge is -2.37. The Labute approximate surface area is 197 Å². The van der Waals surface area contributed by atoms with Crippen LogP contribution in [-0.2, 0) is 4.79 Å². The van der Waals surface area contributed by atoms with Crippen LogP contribution in [0.2, 0.25) is 10.0 Å².